The molecule has 0 saturated carbocycles. The highest BCUT2D eigenvalue weighted by Crippen LogP contribution is 2.13. The van der Waals surface area contributed by atoms with E-state index in [1.807, 2.05) is 0 Å². The number of morpholine rings is 1. The van der Waals surface area contributed by atoms with E-state index in [9.17, 15) is 18.4 Å². The molecule has 0 bridgehead atoms. The van der Waals surface area contributed by atoms with E-state index in [0.29, 0.717) is 37.4 Å². The van der Waals surface area contributed by atoms with E-state index in [1.165, 1.54) is 18.2 Å². The van der Waals surface area contributed by atoms with Crippen LogP contribution in [-0.2, 0) is 17.8 Å². The molecule has 30 heavy (non-hydrogen) atoms. The van der Waals surface area contributed by atoms with Gasteiger partial charge in [-0.1, -0.05) is 18.2 Å². The average Bonchev–Trinajstić information content (AvgIpc) is 2.74. The van der Waals surface area contributed by atoms with Gasteiger partial charge in [-0.2, -0.15) is 0 Å². The maximum Gasteiger partial charge on any atom is 0.335 e. The third-order valence-corrected chi connectivity index (χ3v) is 4.73. The molecular formula is C21H23F2N3O4. The number of benzene rings is 2. The monoisotopic (exact) mass is 419 g/mol. The van der Waals surface area contributed by atoms with Crippen LogP contribution in [0.3, 0.4) is 0 Å². The molecule has 0 unspecified atom stereocenters. The highest BCUT2D eigenvalue weighted by Gasteiger charge is 2.21. The van der Waals surface area contributed by atoms with Crippen molar-refractivity contribution in [3.05, 3.63) is 70.8 Å². The Morgan fingerprint density at radius 3 is 2.70 bits per heavy atom. The number of hydrogen-bond donors (Lipinski definition) is 3. The molecule has 7 nitrogen and oxygen atoms in total. The molecule has 0 spiro atoms. The van der Waals surface area contributed by atoms with Gasteiger partial charge in [-0.3, -0.25) is 4.90 Å². The number of hydrogen-bond acceptors (Lipinski definition) is 4. The van der Waals surface area contributed by atoms with E-state index >= 15 is 0 Å². The van der Waals surface area contributed by atoms with Crippen LogP contribution in [0.5, 0.6) is 0 Å². The van der Waals surface area contributed by atoms with E-state index in [2.05, 4.69) is 15.5 Å². The van der Waals surface area contributed by atoms with E-state index in [-0.39, 0.29) is 24.8 Å². The Morgan fingerprint density at radius 2 is 1.93 bits per heavy atom. The van der Waals surface area contributed by atoms with Gasteiger partial charge < -0.3 is 20.5 Å². The highest BCUT2D eigenvalue weighted by atomic mass is 19.2. The van der Waals surface area contributed by atoms with Gasteiger partial charge in [0.2, 0.25) is 0 Å². The molecule has 0 aromatic heterocycles. The van der Waals surface area contributed by atoms with Crippen LogP contribution in [0.2, 0.25) is 0 Å². The number of carbonyl (C=O) groups is 2. The van der Waals surface area contributed by atoms with Crippen LogP contribution >= 0.6 is 0 Å². The first-order chi connectivity index (χ1) is 14.4. The van der Waals surface area contributed by atoms with Gasteiger partial charge in [-0.15, -0.1) is 0 Å². The maximum atomic E-state index is 13.4. The second-order valence-corrected chi connectivity index (χ2v) is 7.05. The molecule has 1 aliphatic heterocycles. The Balaban J connectivity index is 1.42. The second kappa shape index (κ2) is 10.1. The number of carboxylic acid groups (broad SMARTS) is 1. The predicted octanol–water partition coefficient (Wildman–Crippen LogP) is 2.36. The quantitative estimate of drug-likeness (QED) is 0.641. The molecule has 0 radical (unpaired) electrons. The Hall–Kier alpha value is -3.04. The average molecular weight is 419 g/mol. The normalized spacial score (nSPS) is 16.8. The van der Waals surface area contributed by atoms with Crippen molar-refractivity contribution in [1.29, 1.82) is 0 Å². The van der Waals surface area contributed by atoms with Crippen LogP contribution in [0.25, 0.3) is 0 Å². The molecule has 0 aliphatic carbocycles. The van der Waals surface area contributed by atoms with Crippen molar-refractivity contribution in [2.75, 3.05) is 26.2 Å². The number of halogens is 2. The summed E-state index contributed by atoms with van der Waals surface area (Å²) in [5.74, 6) is -2.77. The summed E-state index contributed by atoms with van der Waals surface area (Å²) in [6.45, 7) is 2.61. The predicted molar refractivity (Wildman–Crippen MR) is 105 cm³/mol. The summed E-state index contributed by atoms with van der Waals surface area (Å²) in [5, 5.41) is 14.4. The van der Waals surface area contributed by atoms with Gasteiger partial charge >= 0.3 is 12.0 Å². The Kier molecular flexibility index (Phi) is 7.31. The summed E-state index contributed by atoms with van der Waals surface area (Å²) in [5.41, 5.74) is 1.51. The SMILES string of the molecule is O=C(NCc1cccc(C(=O)O)c1)NC[C@H]1CN(Cc2ccc(F)c(F)c2)CCO1. The second-order valence-electron chi connectivity index (χ2n) is 7.05. The Bertz CT molecular complexity index is 910. The molecule has 3 rings (SSSR count). The van der Waals surface area contributed by atoms with Crippen LogP contribution < -0.4 is 10.6 Å². The molecule has 2 amide bonds. The molecule has 160 valence electrons. The summed E-state index contributed by atoms with van der Waals surface area (Å²) >= 11 is 0. The maximum absolute atomic E-state index is 13.4. The lowest BCUT2D eigenvalue weighted by Crippen LogP contribution is -2.48. The van der Waals surface area contributed by atoms with Crippen molar-refractivity contribution in [2.24, 2.45) is 0 Å². The van der Waals surface area contributed by atoms with E-state index in [0.717, 1.165) is 6.07 Å². The van der Waals surface area contributed by atoms with Crippen LogP contribution in [0, 0.1) is 11.6 Å². The first-order valence-electron chi connectivity index (χ1n) is 9.52. The van der Waals surface area contributed by atoms with E-state index in [4.69, 9.17) is 9.84 Å². The minimum Gasteiger partial charge on any atom is -0.478 e. The fourth-order valence-electron chi connectivity index (χ4n) is 3.21. The molecule has 1 heterocycles. The minimum absolute atomic E-state index is 0.159. The minimum atomic E-state index is -1.02. The lowest BCUT2D eigenvalue weighted by Gasteiger charge is -2.33. The van der Waals surface area contributed by atoms with Crippen molar-refractivity contribution < 1.29 is 28.2 Å². The topological polar surface area (TPSA) is 90.9 Å². The molecule has 3 N–H and O–H groups in total. The Labute approximate surface area is 172 Å². The van der Waals surface area contributed by atoms with Crippen LogP contribution in [0.1, 0.15) is 21.5 Å². The largest absolute Gasteiger partial charge is 0.478 e. The molecule has 1 fully saturated rings. The van der Waals surface area contributed by atoms with Crippen LogP contribution in [0.15, 0.2) is 42.5 Å². The van der Waals surface area contributed by atoms with Crippen LogP contribution in [-0.4, -0.2) is 54.4 Å². The van der Waals surface area contributed by atoms with Gasteiger partial charge in [0.05, 0.1) is 18.3 Å². The third kappa shape index (κ3) is 6.23. The standard InChI is InChI=1S/C21H23F2N3O4/c22-18-5-4-15(9-19(18)23)12-26-6-7-30-17(13-26)11-25-21(29)24-10-14-2-1-3-16(8-14)20(27)28/h1-5,8-9,17H,6-7,10-13H2,(H,27,28)(H2,24,25,29)/t17-/m0/s1. The van der Waals surface area contributed by atoms with Crippen molar-refractivity contribution >= 4 is 12.0 Å². The first-order valence-corrected chi connectivity index (χ1v) is 9.52. The van der Waals surface area contributed by atoms with Gasteiger partial charge in [-0.25, -0.2) is 18.4 Å². The lowest BCUT2D eigenvalue weighted by molar-refractivity contribution is -0.0287. The third-order valence-electron chi connectivity index (χ3n) is 4.73. The molecular weight excluding hydrogens is 396 g/mol. The number of carboxylic acids is 1. The Morgan fingerprint density at radius 1 is 1.10 bits per heavy atom. The zero-order valence-electron chi connectivity index (χ0n) is 16.2. The van der Waals surface area contributed by atoms with E-state index in [1.54, 1.807) is 18.2 Å². The van der Waals surface area contributed by atoms with Crippen molar-refractivity contribution in [3.63, 3.8) is 0 Å². The van der Waals surface area contributed by atoms with Gasteiger partial charge in [0, 0.05) is 32.7 Å². The summed E-state index contributed by atoms with van der Waals surface area (Å²) in [6, 6.07) is 9.79. The smallest absolute Gasteiger partial charge is 0.335 e. The molecule has 1 atom stereocenters. The number of ether oxygens (including phenoxy) is 1. The van der Waals surface area contributed by atoms with Crippen molar-refractivity contribution in [1.82, 2.24) is 15.5 Å². The first kappa shape index (κ1) is 21.7. The molecule has 9 heteroatoms. The molecule has 1 aliphatic rings. The van der Waals surface area contributed by atoms with Crippen LogP contribution in [0.4, 0.5) is 13.6 Å². The van der Waals surface area contributed by atoms with Gasteiger partial charge in [0.15, 0.2) is 11.6 Å². The fraction of sp³-hybridized carbons (Fsp3) is 0.333. The lowest BCUT2D eigenvalue weighted by atomic mass is 10.1. The summed E-state index contributed by atoms with van der Waals surface area (Å²) < 4.78 is 32.1. The number of rotatable bonds is 7. The highest BCUT2D eigenvalue weighted by molar-refractivity contribution is 5.87. The molecule has 2 aromatic carbocycles. The molecule has 1 saturated heterocycles. The summed E-state index contributed by atoms with van der Waals surface area (Å²) in [7, 11) is 0. The summed E-state index contributed by atoms with van der Waals surface area (Å²) in [4.78, 5) is 25.1. The number of nitrogens with zero attached hydrogens (tertiary/aromatic N) is 1. The number of urea groups is 1. The van der Waals surface area contributed by atoms with E-state index < -0.39 is 23.6 Å². The summed E-state index contributed by atoms with van der Waals surface area (Å²) in [6.07, 6.45) is -0.231. The zero-order valence-corrected chi connectivity index (χ0v) is 16.2. The number of carbonyl (C=O) groups excluding carboxylic acids is 1. The molecule has 2 aromatic rings. The fourth-order valence-corrected chi connectivity index (χ4v) is 3.21. The van der Waals surface area contributed by atoms with Gasteiger partial charge in [0.25, 0.3) is 0 Å². The van der Waals surface area contributed by atoms with Crippen molar-refractivity contribution in [2.45, 2.75) is 19.2 Å². The van der Waals surface area contributed by atoms with Gasteiger partial charge in [-0.05, 0) is 35.4 Å². The van der Waals surface area contributed by atoms with Crippen molar-refractivity contribution in [3.8, 4) is 0 Å². The number of amides is 2. The number of aromatic carboxylic acids is 1. The zero-order chi connectivity index (χ0) is 21.5. The van der Waals surface area contributed by atoms with Gasteiger partial charge in [0.1, 0.15) is 0 Å². The number of nitrogens with one attached hydrogen (secondary N) is 2.